The molecule has 3 nitrogen and oxygen atoms in total. The lowest BCUT2D eigenvalue weighted by atomic mass is 9.98. The van der Waals surface area contributed by atoms with Gasteiger partial charge in [-0.05, 0) is 42.3 Å². The summed E-state index contributed by atoms with van der Waals surface area (Å²) in [6.45, 7) is 3.20. The molecule has 1 aliphatic rings. The van der Waals surface area contributed by atoms with Gasteiger partial charge in [0.2, 0.25) is 0 Å². The Morgan fingerprint density at radius 2 is 2.05 bits per heavy atom. The molecule has 1 atom stereocenters. The molecule has 0 aliphatic carbocycles. The summed E-state index contributed by atoms with van der Waals surface area (Å²) >= 11 is 6.14. The number of aliphatic hydroxyl groups excluding tert-OH is 1. The summed E-state index contributed by atoms with van der Waals surface area (Å²) in [5.41, 5.74) is 2.57. The summed E-state index contributed by atoms with van der Waals surface area (Å²) in [6, 6.07) is 11.1. The Bertz CT molecular complexity index is 637. The SMILES string of the molecule is CCOc1ccc(C(O)c2cc(Cl)cc3c2OCC3)cc1. The Kier molecular flexibility index (Phi) is 4.04. The minimum absolute atomic E-state index is 0.623. The highest BCUT2D eigenvalue weighted by Gasteiger charge is 2.23. The highest BCUT2D eigenvalue weighted by Crippen LogP contribution is 2.38. The van der Waals surface area contributed by atoms with Crippen LogP contribution in [-0.4, -0.2) is 18.3 Å². The van der Waals surface area contributed by atoms with Crippen LogP contribution in [0.25, 0.3) is 0 Å². The van der Waals surface area contributed by atoms with Crippen LogP contribution in [0.2, 0.25) is 5.02 Å². The molecule has 1 heterocycles. The second-order valence-corrected chi connectivity index (χ2v) is 5.42. The molecule has 1 unspecified atom stereocenters. The lowest BCUT2D eigenvalue weighted by Crippen LogP contribution is -2.02. The smallest absolute Gasteiger partial charge is 0.128 e. The fraction of sp³-hybridized carbons (Fsp3) is 0.294. The maximum atomic E-state index is 10.6. The van der Waals surface area contributed by atoms with Crippen LogP contribution in [0.3, 0.4) is 0 Å². The van der Waals surface area contributed by atoms with Gasteiger partial charge >= 0.3 is 0 Å². The van der Waals surface area contributed by atoms with Crippen LogP contribution in [0.1, 0.15) is 29.7 Å². The molecular weight excluding hydrogens is 288 g/mol. The quantitative estimate of drug-likeness (QED) is 0.935. The summed E-state index contributed by atoms with van der Waals surface area (Å²) in [6.07, 6.45) is 0.0741. The van der Waals surface area contributed by atoms with E-state index in [2.05, 4.69) is 0 Å². The highest BCUT2D eigenvalue weighted by atomic mass is 35.5. The minimum atomic E-state index is -0.758. The van der Waals surface area contributed by atoms with E-state index >= 15 is 0 Å². The average Bonchev–Trinajstić information content (AvgIpc) is 2.95. The molecule has 0 aromatic heterocycles. The molecule has 0 amide bonds. The van der Waals surface area contributed by atoms with E-state index in [-0.39, 0.29) is 0 Å². The number of halogens is 1. The van der Waals surface area contributed by atoms with Gasteiger partial charge in [-0.25, -0.2) is 0 Å². The second-order valence-electron chi connectivity index (χ2n) is 4.99. The standard InChI is InChI=1S/C17H17ClO3/c1-2-20-14-5-3-11(4-6-14)16(19)15-10-13(18)9-12-7-8-21-17(12)15/h3-6,9-10,16,19H,2,7-8H2,1H3. The van der Waals surface area contributed by atoms with E-state index in [1.165, 1.54) is 0 Å². The third-order valence-electron chi connectivity index (χ3n) is 3.58. The predicted molar refractivity (Wildman–Crippen MR) is 82.3 cm³/mol. The topological polar surface area (TPSA) is 38.7 Å². The first-order valence-corrected chi connectivity index (χ1v) is 7.42. The molecule has 0 radical (unpaired) electrons. The van der Waals surface area contributed by atoms with Crippen LogP contribution in [0.5, 0.6) is 11.5 Å². The van der Waals surface area contributed by atoms with Gasteiger partial charge in [0.25, 0.3) is 0 Å². The molecule has 1 N–H and O–H groups in total. The van der Waals surface area contributed by atoms with Crippen molar-refractivity contribution >= 4 is 11.6 Å². The van der Waals surface area contributed by atoms with Crippen LogP contribution in [0, 0.1) is 0 Å². The third kappa shape index (κ3) is 2.85. The van der Waals surface area contributed by atoms with Crippen LogP contribution in [0.4, 0.5) is 0 Å². The molecule has 3 rings (SSSR count). The number of benzene rings is 2. The zero-order valence-electron chi connectivity index (χ0n) is 11.8. The van der Waals surface area contributed by atoms with E-state index < -0.39 is 6.10 Å². The Morgan fingerprint density at radius 3 is 2.76 bits per heavy atom. The van der Waals surface area contributed by atoms with E-state index in [4.69, 9.17) is 21.1 Å². The first-order chi connectivity index (χ1) is 10.2. The maximum Gasteiger partial charge on any atom is 0.128 e. The van der Waals surface area contributed by atoms with Crippen molar-refractivity contribution < 1.29 is 14.6 Å². The minimum Gasteiger partial charge on any atom is -0.494 e. The van der Waals surface area contributed by atoms with Crippen LogP contribution in [-0.2, 0) is 6.42 Å². The molecule has 0 bridgehead atoms. The van der Waals surface area contributed by atoms with E-state index in [1.54, 1.807) is 6.07 Å². The summed E-state index contributed by atoms with van der Waals surface area (Å²) in [7, 11) is 0. The number of hydrogen-bond donors (Lipinski definition) is 1. The van der Waals surface area contributed by atoms with Crippen molar-refractivity contribution in [3.8, 4) is 11.5 Å². The number of fused-ring (bicyclic) bond motifs is 1. The van der Waals surface area contributed by atoms with Gasteiger partial charge in [-0.2, -0.15) is 0 Å². The predicted octanol–water partition coefficient (Wildman–Crippen LogP) is 3.76. The lowest BCUT2D eigenvalue weighted by Gasteiger charge is -2.16. The molecule has 2 aromatic carbocycles. The summed E-state index contributed by atoms with van der Waals surface area (Å²) in [5.74, 6) is 1.56. The van der Waals surface area contributed by atoms with E-state index in [1.807, 2.05) is 37.3 Å². The van der Waals surface area contributed by atoms with Gasteiger partial charge in [0.05, 0.1) is 13.2 Å². The van der Waals surface area contributed by atoms with Gasteiger partial charge in [-0.3, -0.25) is 0 Å². The van der Waals surface area contributed by atoms with Crippen LogP contribution < -0.4 is 9.47 Å². The van der Waals surface area contributed by atoms with Crippen molar-refractivity contribution in [3.63, 3.8) is 0 Å². The van der Waals surface area contributed by atoms with Gasteiger partial charge in [0, 0.05) is 17.0 Å². The molecule has 21 heavy (non-hydrogen) atoms. The van der Waals surface area contributed by atoms with Gasteiger partial charge in [0.1, 0.15) is 17.6 Å². The van der Waals surface area contributed by atoms with Crippen molar-refractivity contribution in [2.24, 2.45) is 0 Å². The molecule has 0 saturated carbocycles. The summed E-state index contributed by atoms with van der Waals surface area (Å²) < 4.78 is 11.1. The van der Waals surface area contributed by atoms with Gasteiger partial charge in [0.15, 0.2) is 0 Å². The first kappa shape index (κ1) is 14.2. The summed E-state index contributed by atoms with van der Waals surface area (Å²) in [5, 5.41) is 11.2. The number of hydrogen-bond acceptors (Lipinski definition) is 3. The van der Waals surface area contributed by atoms with Crippen molar-refractivity contribution in [2.45, 2.75) is 19.4 Å². The second kappa shape index (κ2) is 5.96. The molecular formula is C17H17ClO3. The van der Waals surface area contributed by atoms with E-state index in [0.717, 1.165) is 34.6 Å². The fourth-order valence-corrected chi connectivity index (χ4v) is 2.84. The molecule has 0 spiro atoms. The molecule has 1 aliphatic heterocycles. The van der Waals surface area contributed by atoms with Gasteiger partial charge in [-0.15, -0.1) is 0 Å². The first-order valence-electron chi connectivity index (χ1n) is 7.05. The number of aliphatic hydroxyl groups is 1. The van der Waals surface area contributed by atoms with Gasteiger partial charge in [-0.1, -0.05) is 23.7 Å². The molecule has 0 saturated heterocycles. The molecule has 110 valence electrons. The average molecular weight is 305 g/mol. The third-order valence-corrected chi connectivity index (χ3v) is 3.80. The Labute approximate surface area is 129 Å². The zero-order valence-corrected chi connectivity index (χ0v) is 12.6. The Balaban J connectivity index is 1.93. The normalized spacial score (nSPS) is 14.4. The van der Waals surface area contributed by atoms with E-state index in [9.17, 15) is 5.11 Å². The van der Waals surface area contributed by atoms with Crippen LogP contribution >= 0.6 is 11.6 Å². The maximum absolute atomic E-state index is 10.6. The van der Waals surface area contributed by atoms with Crippen molar-refractivity contribution in [2.75, 3.05) is 13.2 Å². The Morgan fingerprint density at radius 1 is 1.29 bits per heavy atom. The molecule has 2 aromatic rings. The van der Waals surface area contributed by atoms with Crippen molar-refractivity contribution in [1.82, 2.24) is 0 Å². The fourth-order valence-electron chi connectivity index (χ4n) is 2.59. The Hall–Kier alpha value is -1.71. The van der Waals surface area contributed by atoms with Gasteiger partial charge < -0.3 is 14.6 Å². The molecule has 0 fully saturated rings. The molecule has 4 heteroatoms. The summed E-state index contributed by atoms with van der Waals surface area (Å²) in [4.78, 5) is 0. The van der Waals surface area contributed by atoms with Crippen LogP contribution in [0.15, 0.2) is 36.4 Å². The highest BCUT2D eigenvalue weighted by molar-refractivity contribution is 6.30. The lowest BCUT2D eigenvalue weighted by molar-refractivity contribution is 0.213. The monoisotopic (exact) mass is 304 g/mol. The van der Waals surface area contributed by atoms with Crippen molar-refractivity contribution in [3.05, 3.63) is 58.1 Å². The number of rotatable bonds is 4. The largest absolute Gasteiger partial charge is 0.494 e. The van der Waals surface area contributed by atoms with Crippen molar-refractivity contribution in [1.29, 1.82) is 0 Å². The zero-order chi connectivity index (χ0) is 14.8. The number of ether oxygens (including phenoxy) is 2. The van der Waals surface area contributed by atoms with E-state index in [0.29, 0.717) is 18.2 Å².